The predicted molar refractivity (Wildman–Crippen MR) is 117 cm³/mol. The molecule has 0 unspecified atom stereocenters. The second-order valence-corrected chi connectivity index (χ2v) is 7.20. The van der Waals surface area contributed by atoms with E-state index in [1.54, 1.807) is 0 Å². The lowest BCUT2D eigenvalue weighted by molar-refractivity contribution is 1.37. The van der Waals surface area contributed by atoms with Crippen molar-refractivity contribution >= 4 is 43.4 Å². The van der Waals surface area contributed by atoms with Crippen molar-refractivity contribution in [3.8, 4) is 11.1 Å². The Balaban J connectivity index is 1.54. The van der Waals surface area contributed by atoms with Crippen molar-refractivity contribution in [1.29, 1.82) is 0 Å². The van der Waals surface area contributed by atoms with Gasteiger partial charge < -0.3 is 0 Å². The summed E-state index contributed by atoms with van der Waals surface area (Å²) in [6, 6.07) is 30.1. The molecule has 0 atom stereocenters. The molecule has 0 aliphatic heterocycles. The first kappa shape index (κ1) is 15.3. The predicted octanol–water partition coefficient (Wildman–Crippen LogP) is 6.76. The van der Waals surface area contributed by atoms with Gasteiger partial charge >= 0.3 is 0 Å². The van der Waals surface area contributed by atoms with Gasteiger partial charge in [0, 0.05) is 28.7 Å². The molecule has 2 aromatic heterocycles. The van der Waals surface area contributed by atoms with Crippen LogP contribution in [0.25, 0.3) is 54.5 Å². The molecule has 0 aliphatic rings. The number of benzene rings is 4. The fraction of sp³-hybridized carbons (Fsp3) is 0. The zero-order chi connectivity index (χ0) is 18.5. The van der Waals surface area contributed by atoms with E-state index in [1.165, 1.54) is 27.1 Å². The van der Waals surface area contributed by atoms with Crippen LogP contribution in [0.3, 0.4) is 0 Å². The molecule has 4 aromatic carbocycles. The normalized spacial score (nSPS) is 11.6. The standard InChI is InChI=1S/C26H16N2/c1-2-5-19-13-23-14-21(9-8-20(23)12-18(19)4-1)24-15-22-10-7-17-6-3-11-27-25(17)26(22)28-16-24/h1-16H. The Bertz CT molecular complexity index is 1500. The monoisotopic (exact) mass is 356 g/mol. The van der Waals surface area contributed by atoms with E-state index in [4.69, 9.17) is 4.98 Å². The molecule has 0 amide bonds. The van der Waals surface area contributed by atoms with Gasteiger partial charge in [-0.2, -0.15) is 0 Å². The minimum atomic E-state index is 0.952. The van der Waals surface area contributed by atoms with Crippen LogP contribution in [0.1, 0.15) is 0 Å². The minimum Gasteiger partial charge on any atom is -0.254 e. The van der Waals surface area contributed by atoms with Gasteiger partial charge in [-0.25, -0.2) is 0 Å². The van der Waals surface area contributed by atoms with Crippen LogP contribution < -0.4 is 0 Å². The van der Waals surface area contributed by atoms with Crippen LogP contribution in [0.15, 0.2) is 97.3 Å². The summed E-state index contributed by atoms with van der Waals surface area (Å²) in [6.07, 6.45) is 3.78. The molecule has 6 aromatic rings. The fourth-order valence-electron chi connectivity index (χ4n) is 4.01. The lowest BCUT2D eigenvalue weighted by Gasteiger charge is -2.08. The maximum Gasteiger partial charge on any atom is 0.0964 e. The molecule has 0 spiro atoms. The molecular formula is C26H16N2. The van der Waals surface area contributed by atoms with Crippen molar-refractivity contribution in [2.24, 2.45) is 0 Å². The Morgan fingerprint density at radius 1 is 0.429 bits per heavy atom. The number of fused-ring (bicyclic) bond motifs is 5. The summed E-state index contributed by atoms with van der Waals surface area (Å²) in [5.74, 6) is 0. The SMILES string of the molecule is c1ccc2cc3cc(-c4cnc5c(ccc6cccnc65)c4)ccc3cc2c1. The van der Waals surface area contributed by atoms with Crippen molar-refractivity contribution < 1.29 is 0 Å². The summed E-state index contributed by atoms with van der Waals surface area (Å²) >= 11 is 0. The minimum absolute atomic E-state index is 0.952. The maximum absolute atomic E-state index is 4.75. The summed E-state index contributed by atoms with van der Waals surface area (Å²) in [5, 5.41) is 7.27. The molecule has 0 fully saturated rings. The number of nitrogens with zero attached hydrogens (tertiary/aromatic N) is 2. The third kappa shape index (κ3) is 2.35. The number of pyridine rings is 2. The fourth-order valence-corrected chi connectivity index (χ4v) is 4.01. The van der Waals surface area contributed by atoms with Gasteiger partial charge in [-0.15, -0.1) is 0 Å². The largest absolute Gasteiger partial charge is 0.254 e. The van der Waals surface area contributed by atoms with Crippen molar-refractivity contribution in [2.75, 3.05) is 0 Å². The Morgan fingerprint density at radius 2 is 1.07 bits per heavy atom. The summed E-state index contributed by atoms with van der Waals surface area (Å²) < 4.78 is 0. The average Bonchev–Trinajstić information content (AvgIpc) is 2.76. The number of aromatic nitrogens is 2. The summed E-state index contributed by atoms with van der Waals surface area (Å²) in [4.78, 5) is 9.27. The highest BCUT2D eigenvalue weighted by Crippen LogP contribution is 2.30. The van der Waals surface area contributed by atoms with Crippen LogP contribution in [0.4, 0.5) is 0 Å². The number of hydrogen-bond acceptors (Lipinski definition) is 2. The Kier molecular flexibility index (Phi) is 3.20. The lowest BCUT2D eigenvalue weighted by Crippen LogP contribution is -1.87. The maximum atomic E-state index is 4.75. The highest BCUT2D eigenvalue weighted by atomic mass is 14.7. The van der Waals surface area contributed by atoms with E-state index in [9.17, 15) is 0 Å². The van der Waals surface area contributed by atoms with E-state index in [2.05, 4.69) is 83.8 Å². The molecule has 0 radical (unpaired) electrons. The van der Waals surface area contributed by atoms with E-state index in [0.29, 0.717) is 0 Å². The van der Waals surface area contributed by atoms with Gasteiger partial charge in [0.25, 0.3) is 0 Å². The summed E-state index contributed by atoms with van der Waals surface area (Å²) in [5.41, 5.74) is 4.21. The quantitative estimate of drug-likeness (QED) is 0.240. The van der Waals surface area contributed by atoms with Crippen LogP contribution >= 0.6 is 0 Å². The van der Waals surface area contributed by atoms with E-state index in [0.717, 1.165) is 27.4 Å². The van der Waals surface area contributed by atoms with Gasteiger partial charge in [0.1, 0.15) is 0 Å². The molecule has 0 saturated heterocycles. The second-order valence-electron chi connectivity index (χ2n) is 7.20. The van der Waals surface area contributed by atoms with Gasteiger partial charge in [-0.3, -0.25) is 9.97 Å². The number of hydrogen-bond donors (Lipinski definition) is 0. The lowest BCUT2D eigenvalue weighted by atomic mass is 9.98. The van der Waals surface area contributed by atoms with E-state index >= 15 is 0 Å². The third-order valence-electron chi connectivity index (χ3n) is 5.46. The Hall–Kier alpha value is -3.78. The Labute approximate surface area is 162 Å². The third-order valence-corrected chi connectivity index (χ3v) is 5.46. The molecular weight excluding hydrogens is 340 g/mol. The van der Waals surface area contributed by atoms with Crippen LogP contribution in [-0.2, 0) is 0 Å². The van der Waals surface area contributed by atoms with Crippen molar-refractivity contribution in [1.82, 2.24) is 9.97 Å². The molecule has 2 heterocycles. The molecule has 0 saturated carbocycles. The highest BCUT2D eigenvalue weighted by molar-refractivity contribution is 6.04. The first-order valence-corrected chi connectivity index (χ1v) is 9.42. The van der Waals surface area contributed by atoms with Crippen LogP contribution in [0, 0.1) is 0 Å². The molecule has 6 rings (SSSR count). The molecule has 0 aliphatic carbocycles. The molecule has 0 bridgehead atoms. The molecule has 2 nitrogen and oxygen atoms in total. The smallest absolute Gasteiger partial charge is 0.0964 e. The number of rotatable bonds is 1. The molecule has 130 valence electrons. The van der Waals surface area contributed by atoms with Crippen molar-refractivity contribution in [3.05, 3.63) is 97.3 Å². The molecule has 28 heavy (non-hydrogen) atoms. The van der Waals surface area contributed by atoms with Crippen LogP contribution in [0.5, 0.6) is 0 Å². The zero-order valence-corrected chi connectivity index (χ0v) is 15.1. The van der Waals surface area contributed by atoms with E-state index in [1.807, 2.05) is 18.5 Å². The van der Waals surface area contributed by atoms with E-state index in [-0.39, 0.29) is 0 Å². The van der Waals surface area contributed by atoms with Gasteiger partial charge in [-0.1, -0.05) is 54.6 Å². The first-order valence-electron chi connectivity index (χ1n) is 9.42. The Morgan fingerprint density at radius 3 is 1.96 bits per heavy atom. The van der Waals surface area contributed by atoms with E-state index < -0.39 is 0 Å². The van der Waals surface area contributed by atoms with Gasteiger partial charge in [0.15, 0.2) is 0 Å². The van der Waals surface area contributed by atoms with Crippen molar-refractivity contribution in [3.63, 3.8) is 0 Å². The summed E-state index contributed by atoms with van der Waals surface area (Å²) in [7, 11) is 0. The van der Waals surface area contributed by atoms with Crippen LogP contribution in [-0.4, -0.2) is 9.97 Å². The van der Waals surface area contributed by atoms with Gasteiger partial charge in [0.2, 0.25) is 0 Å². The zero-order valence-electron chi connectivity index (χ0n) is 15.1. The second kappa shape index (κ2) is 5.86. The molecule has 0 N–H and O–H groups in total. The average molecular weight is 356 g/mol. The van der Waals surface area contributed by atoms with Gasteiger partial charge in [-0.05, 0) is 57.4 Å². The molecule has 2 heteroatoms. The van der Waals surface area contributed by atoms with Crippen molar-refractivity contribution in [2.45, 2.75) is 0 Å². The van der Waals surface area contributed by atoms with Gasteiger partial charge in [0.05, 0.1) is 11.0 Å². The highest BCUT2D eigenvalue weighted by Gasteiger charge is 2.07. The summed E-state index contributed by atoms with van der Waals surface area (Å²) in [6.45, 7) is 0. The van der Waals surface area contributed by atoms with Crippen LogP contribution in [0.2, 0.25) is 0 Å². The first-order chi connectivity index (χ1) is 13.8. The topological polar surface area (TPSA) is 25.8 Å².